The Morgan fingerprint density at radius 3 is 2.47 bits per heavy atom. The zero-order valence-electron chi connectivity index (χ0n) is 9.17. The van der Waals surface area contributed by atoms with Crippen molar-refractivity contribution in [1.29, 1.82) is 0 Å². The van der Waals surface area contributed by atoms with Gasteiger partial charge in [-0.05, 0) is 24.6 Å². The van der Waals surface area contributed by atoms with Crippen molar-refractivity contribution in [1.82, 2.24) is 0 Å². The number of halogens is 1. The summed E-state index contributed by atoms with van der Waals surface area (Å²) in [7, 11) is 1.54. The summed E-state index contributed by atoms with van der Waals surface area (Å²) in [4.78, 5) is 12.4. The SMILES string of the molecule is C=C(C)c1ccc(F)c(N(C)C(C)=O)c1. The third-order valence-corrected chi connectivity index (χ3v) is 2.27. The van der Waals surface area contributed by atoms with Crippen LogP contribution in [0.3, 0.4) is 0 Å². The molecule has 0 aliphatic heterocycles. The van der Waals surface area contributed by atoms with Crippen molar-refractivity contribution in [3.8, 4) is 0 Å². The molecule has 0 aliphatic carbocycles. The molecule has 0 aromatic heterocycles. The molecule has 1 aromatic rings. The van der Waals surface area contributed by atoms with E-state index in [1.54, 1.807) is 19.2 Å². The van der Waals surface area contributed by atoms with Crippen molar-refractivity contribution < 1.29 is 9.18 Å². The molecule has 0 aliphatic rings. The second-order valence-corrected chi connectivity index (χ2v) is 3.52. The second-order valence-electron chi connectivity index (χ2n) is 3.52. The summed E-state index contributed by atoms with van der Waals surface area (Å²) in [6, 6.07) is 4.62. The summed E-state index contributed by atoms with van der Waals surface area (Å²) in [5.74, 6) is -0.606. The molecule has 3 heteroatoms. The van der Waals surface area contributed by atoms with Gasteiger partial charge in [-0.3, -0.25) is 4.79 Å². The Balaban J connectivity index is 3.22. The molecule has 1 amide bonds. The van der Waals surface area contributed by atoms with Crippen LogP contribution in [0.25, 0.3) is 5.57 Å². The largest absolute Gasteiger partial charge is 0.313 e. The van der Waals surface area contributed by atoms with Gasteiger partial charge in [0, 0.05) is 14.0 Å². The van der Waals surface area contributed by atoms with Crippen molar-refractivity contribution in [2.75, 3.05) is 11.9 Å². The summed E-state index contributed by atoms with van der Waals surface area (Å²) in [5.41, 5.74) is 1.95. The first-order chi connectivity index (χ1) is 6.93. The molecule has 0 saturated carbocycles. The highest BCUT2D eigenvalue weighted by Crippen LogP contribution is 2.23. The number of hydrogen-bond acceptors (Lipinski definition) is 1. The standard InChI is InChI=1S/C12H14FNO/c1-8(2)10-5-6-11(13)12(7-10)14(4)9(3)15/h5-7H,1H2,2-4H3. The molecular formula is C12H14FNO. The second kappa shape index (κ2) is 4.26. The lowest BCUT2D eigenvalue weighted by Crippen LogP contribution is -2.23. The average molecular weight is 207 g/mol. The van der Waals surface area contributed by atoms with Gasteiger partial charge < -0.3 is 4.90 Å². The van der Waals surface area contributed by atoms with Gasteiger partial charge in [-0.15, -0.1) is 0 Å². The van der Waals surface area contributed by atoms with Crippen LogP contribution in [0.4, 0.5) is 10.1 Å². The van der Waals surface area contributed by atoms with E-state index < -0.39 is 5.82 Å². The summed E-state index contributed by atoms with van der Waals surface area (Å²) in [6.45, 7) is 7.01. The first-order valence-corrected chi connectivity index (χ1v) is 4.63. The number of allylic oxidation sites excluding steroid dienone is 1. The summed E-state index contributed by atoms with van der Waals surface area (Å²) in [6.07, 6.45) is 0. The smallest absolute Gasteiger partial charge is 0.223 e. The van der Waals surface area contributed by atoms with Gasteiger partial charge in [-0.2, -0.15) is 0 Å². The molecule has 0 spiro atoms. The van der Waals surface area contributed by atoms with Crippen molar-refractivity contribution in [2.45, 2.75) is 13.8 Å². The van der Waals surface area contributed by atoms with Crippen LogP contribution in [0.15, 0.2) is 24.8 Å². The number of rotatable bonds is 2. The summed E-state index contributed by atoms with van der Waals surface area (Å²) < 4.78 is 13.4. The van der Waals surface area contributed by atoms with Crippen LogP contribution in [-0.2, 0) is 4.79 Å². The Labute approximate surface area is 89.0 Å². The Bertz CT molecular complexity index is 412. The third-order valence-electron chi connectivity index (χ3n) is 2.27. The van der Waals surface area contributed by atoms with E-state index in [4.69, 9.17) is 0 Å². The monoisotopic (exact) mass is 207 g/mol. The number of amides is 1. The molecular weight excluding hydrogens is 193 g/mol. The van der Waals surface area contributed by atoms with Gasteiger partial charge in [-0.25, -0.2) is 4.39 Å². The number of carbonyl (C=O) groups excluding carboxylic acids is 1. The third kappa shape index (κ3) is 2.43. The molecule has 1 aromatic carbocycles. The van der Waals surface area contributed by atoms with Crippen LogP contribution in [-0.4, -0.2) is 13.0 Å². The topological polar surface area (TPSA) is 20.3 Å². The van der Waals surface area contributed by atoms with E-state index in [1.165, 1.54) is 17.9 Å². The Hall–Kier alpha value is -1.64. The van der Waals surface area contributed by atoms with Crippen LogP contribution in [0, 0.1) is 5.82 Å². The quantitative estimate of drug-likeness (QED) is 0.730. The van der Waals surface area contributed by atoms with Gasteiger partial charge in [0.25, 0.3) is 0 Å². The Kier molecular flexibility index (Phi) is 3.24. The lowest BCUT2D eigenvalue weighted by molar-refractivity contribution is -0.116. The lowest BCUT2D eigenvalue weighted by Gasteiger charge is -2.16. The molecule has 0 heterocycles. The minimum atomic E-state index is -0.405. The molecule has 15 heavy (non-hydrogen) atoms. The van der Waals surface area contributed by atoms with Gasteiger partial charge in [-0.1, -0.05) is 18.2 Å². The minimum absolute atomic E-state index is 0.201. The molecule has 2 nitrogen and oxygen atoms in total. The lowest BCUT2D eigenvalue weighted by atomic mass is 10.1. The molecule has 0 N–H and O–H groups in total. The van der Waals surface area contributed by atoms with E-state index in [0.717, 1.165) is 11.1 Å². The van der Waals surface area contributed by atoms with Crippen LogP contribution < -0.4 is 4.90 Å². The highest BCUT2D eigenvalue weighted by Gasteiger charge is 2.11. The molecule has 1 rings (SSSR count). The maximum Gasteiger partial charge on any atom is 0.223 e. The van der Waals surface area contributed by atoms with Crippen molar-refractivity contribution in [3.63, 3.8) is 0 Å². The maximum atomic E-state index is 13.4. The van der Waals surface area contributed by atoms with E-state index in [0.29, 0.717) is 0 Å². The number of nitrogens with zero attached hydrogens (tertiary/aromatic N) is 1. The molecule has 80 valence electrons. The Morgan fingerprint density at radius 1 is 1.40 bits per heavy atom. The summed E-state index contributed by atoms with van der Waals surface area (Å²) >= 11 is 0. The number of anilines is 1. The van der Waals surface area contributed by atoms with Crippen LogP contribution in [0.2, 0.25) is 0 Å². The predicted molar refractivity (Wildman–Crippen MR) is 60.2 cm³/mol. The highest BCUT2D eigenvalue weighted by atomic mass is 19.1. The average Bonchev–Trinajstić information content (AvgIpc) is 2.16. The fourth-order valence-electron chi connectivity index (χ4n) is 1.20. The van der Waals surface area contributed by atoms with Crippen molar-refractivity contribution in [2.24, 2.45) is 0 Å². The van der Waals surface area contributed by atoms with Gasteiger partial charge in [0.2, 0.25) is 5.91 Å². The number of carbonyl (C=O) groups is 1. The van der Waals surface area contributed by atoms with Gasteiger partial charge in [0.15, 0.2) is 0 Å². The fourth-order valence-corrected chi connectivity index (χ4v) is 1.20. The van der Waals surface area contributed by atoms with Crippen LogP contribution in [0.5, 0.6) is 0 Å². The maximum absolute atomic E-state index is 13.4. The molecule has 0 radical (unpaired) electrons. The zero-order valence-corrected chi connectivity index (χ0v) is 9.17. The predicted octanol–water partition coefficient (Wildman–Crippen LogP) is 2.84. The van der Waals surface area contributed by atoms with Crippen LogP contribution in [0.1, 0.15) is 19.4 Å². The van der Waals surface area contributed by atoms with Crippen molar-refractivity contribution >= 4 is 17.2 Å². The molecule has 0 bridgehead atoms. The normalized spacial score (nSPS) is 9.87. The van der Waals surface area contributed by atoms with E-state index in [1.807, 2.05) is 6.92 Å². The van der Waals surface area contributed by atoms with E-state index in [-0.39, 0.29) is 11.6 Å². The first kappa shape index (κ1) is 11.4. The van der Waals surface area contributed by atoms with Gasteiger partial charge in [0.1, 0.15) is 5.82 Å². The van der Waals surface area contributed by atoms with E-state index >= 15 is 0 Å². The summed E-state index contributed by atoms with van der Waals surface area (Å²) in [5, 5.41) is 0. The van der Waals surface area contributed by atoms with Crippen molar-refractivity contribution in [3.05, 3.63) is 36.2 Å². The van der Waals surface area contributed by atoms with Crippen LogP contribution >= 0.6 is 0 Å². The number of hydrogen-bond donors (Lipinski definition) is 0. The first-order valence-electron chi connectivity index (χ1n) is 4.63. The molecule has 0 unspecified atom stereocenters. The van der Waals surface area contributed by atoms with Gasteiger partial charge >= 0.3 is 0 Å². The minimum Gasteiger partial charge on any atom is -0.313 e. The number of benzene rings is 1. The zero-order chi connectivity index (χ0) is 11.6. The van der Waals surface area contributed by atoms with E-state index in [2.05, 4.69) is 6.58 Å². The Morgan fingerprint density at radius 2 is 2.00 bits per heavy atom. The van der Waals surface area contributed by atoms with Gasteiger partial charge in [0.05, 0.1) is 5.69 Å². The highest BCUT2D eigenvalue weighted by molar-refractivity contribution is 5.91. The molecule has 0 atom stereocenters. The van der Waals surface area contributed by atoms with E-state index in [9.17, 15) is 9.18 Å². The molecule has 0 saturated heterocycles. The fraction of sp³-hybridized carbons (Fsp3) is 0.250. The molecule has 0 fully saturated rings.